The van der Waals surface area contributed by atoms with Crippen molar-refractivity contribution in [3.05, 3.63) is 0 Å². The summed E-state index contributed by atoms with van der Waals surface area (Å²) in [5.41, 5.74) is 5.63. The average Bonchev–Trinajstić information content (AvgIpc) is 2.19. The Morgan fingerprint density at radius 2 is 2.00 bits per heavy atom. The lowest BCUT2D eigenvalue weighted by molar-refractivity contribution is 0.176. The molecule has 1 fully saturated rings. The van der Waals surface area contributed by atoms with E-state index < -0.39 is 0 Å². The van der Waals surface area contributed by atoms with Crippen molar-refractivity contribution < 1.29 is 0 Å². The standard InChI is InChI=1S/C11H24N2/c1-3-13-6-4-11(5-7-13)8-10(2)9-12/h10-11H,3-9,12H2,1-2H3. The van der Waals surface area contributed by atoms with Gasteiger partial charge in [-0.3, -0.25) is 0 Å². The van der Waals surface area contributed by atoms with E-state index >= 15 is 0 Å². The number of hydrogen-bond acceptors (Lipinski definition) is 2. The quantitative estimate of drug-likeness (QED) is 0.720. The third kappa shape index (κ3) is 3.65. The molecule has 0 aromatic heterocycles. The van der Waals surface area contributed by atoms with E-state index in [2.05, 4.69) is 18.7 Å². The summed E-state index contributed by atoms with van der Waals surface area (Å²) >= 11 is 0. The smallest absolute Gasteiger partial charge is 0.00162 e. The Bertz CT molecular complexity index is 128. The highest BCUT2D eigenvalue weighted by molar-refractivity contribution is 4.73. The topological polar surface area (TPSA) is 29.3 Å². The zero-order chi connectivity index (χ0) is 9.68. The molecule has 0 saturated carbocycles. The molecule has 1 rings (SSSR count). The second-order valence-electron chi connectivity index (χ2n) is 4.45. The van der Waals surface area contributed by atoms with Gasteiger partial charge in [-0.05, 0) is 57.3 Å². The highest BCUT2D eigenvalue weighted by Gasteiger charge is 2.19. The first kappa shape index (κ1) is 11.0. The van der Waals surface area contributed by atoms with E-state index in [1.54, 1.807) is 0 Å². The minimum Gasteiger partial charge on any atom is -0.330 e. The summed E-state index contributed by atoms with van der Waals surface area (Å²) in [6.07, 6.45) is 4.12. The number of hydrogen-bond donors (Lipinski definition) is 1. The molecule has 2 heteroatoms. The lowest BCUT2D eigenvalue weighted by Crippen LogP contribution is -2.34. The van der Waals surface area contributed by atoms with Crippen molar-refractivity contribution in [1.82, 2.24) is 4.90 Å². The Balaban J connectivity index is 2.17. The van der Waals surface area contributed by atoms with E-state index in [4.69, 9.17) is 5.73 Å². The van der Waals surface area contributed by atoms with Crippen LogP contribution in [0.25, 0.3) is 0 Å². The van der Waals surface area contributed by atoms with Crippen LogP contribution in [0.1, 0.15) is 33.1 Å². The van der Waals surface area contributed by atoms with Crippen LogP contribution >= 0.6 is 0 Å². The van der Waals surface area contributed by atoms with Crippen LogP contribution in [0.15, 0.2) is 0 Å². The zero-order valence-electron chi connectivity index (χ0n) is 9.13. The van der Waals surface area contributed by atoms with E-state index in [-0.39, 0.29) is 0 Å². The summed E-state index contributed by atoms with van der Waals surface area (Å²) in [5.74, 6) is 1.67. The molecule has 0 bridgehead atoms. The van der Waals surface area contributed by atoms with E-state index in [0.717, 1.165) is 18.4 Å². The summed E-state index contributed by atoms with van der Waals surface area (Å²) in [5, 5.41) is 0. The van der Waals surface area contributed by atoms with Gasteiger partial charge in [-0.15, -0.1) is 0 Å². The number of piperidine rings is 1. The molecule has 78 valence electrons. The van der Waals surface area contributed by atoms with E-state index in [9.17, 15) is 0 Å². The zero-order valence-corrected chi connectivity index (χ0v) is 9.13. The monoisotopic (exact) mass is 184 g/mol. The molecule has 0 amide bonds. The van der Waals surface area contributed by atoms with Gasteiger partial charge in [0, 0.05) is 0 Å². The van der Waals surface area contributed by atoms with Crippen molar-refractivity contribution in [2.45, 2.75) is 33.1 Å². The Morgan fingerprint density at radius 3 is 2.46 bits per heavy atom. The summed E-state index contributed by atoms with van der Waals surface area (Å²) < 4.78 is 0. The van der Waals surface area contributed by atoms with Gasteiger partial charge in [-0.25, -0.2) is 0 Å². The fourth-order valence-corrected chi connectivity index (χ4v) is 2.20. The molecule has 0 spiro atoms. The van der Waals surface area contributed by atoms with Crippen molar-refractivity contribution in [3.8, 4) is 0 Å². The van der Waals surface area contributed by atoms with Crippen molar-refractivity contribution in [2.75, 3.05) is 26.2 Å². The van der Waals surface area contributed by atoms with Crippen LogP contribution in [0, 0.1) is 11.8 Å². The molecular formula is C11H24N2. The Morgan fingerprint density at radius 1 is 1.38 bits per heavy atom. The molecule has 1 heterocycles. The van der Waals surface area contributed by atoms with Crippen molar-refractivity contribution in [1.29, 1.82) is 0 Å². The predicted molar refractivity (Wildman–Crippen MR) is 57.7 cm³/mol. The molecule has 13 heavy (non-hydrogen) atoms. The van der Waals surface area contributed by atoms with E-state index in [1.807, 2.05) is 0 Å². The van der Waals surface area contributed by atoms with Gasteiger partial charge in [0.2, 0.25) is 0 Å². The molecule has 0 radical (unpaired) electrons. The van der Waals surface area contributed by atoms with Gasteiger partial charge >= 0.3 is 0 Å². The van der Waals surface area contributed by atoms with E-state index in [1.165, 1.54) is 38.9 Å². The normalized spacial score (nSPS) is 23.3. The average molecular weight is 184 g/mol. The van der Waals surface area contributed by atoms with Crippen LogP contribution < -0.4 is 5.73 Å². The van der Waals surface area contributed by atoms with Gasteiger partial charge in [-0.2, -0.15) is 0 Å². The molecule has 0 aliphatic carbocycles. The highest BCUT2D eigenvalue weighted by Crippen LogP contribution is 2.23. The fourth-order valence-electron chi connectivity index (χ4n) is 2.20. The largest absolute Gasteiger partial charge is 0.330 e. The van der Waals surface area contributed by atoms with Gasteiger partial charge in [-0.1, -0.05) is 13.8 Å². The van der Waals surface area contributed by atoms with Gasteiger partial charge in [0.05, 0.1) is 0 Å². The molecule has 1 unspecified atom stereocenters. The first-order valence-corrected chi connectivity index (χ1v) is 5.68. The van der Waals surface area contributed by atoms with Crippen LogP contribution in [0.3, 0.4) is 0 Å². The molecule has 0 aromatic rings. The highest BCUT2D eigenvalue weighted by atomic mass is 15.1. The third-order valence-corrected chi connectivity index (χ3v) is 3.29. The number of nitrogens with zero attached hydrogens (tertiary/aromatic N) is 1. The molecule has 2 N–H and O–H groups in total. The Labute approximate surface area is 82.5 Å². The first-order valence-electron chi connectivity index (χ1n) is 5.68. The minimum atomic E-state index is 0.721. The maximum absolute atomic E-state index is 5.63. The maximum atomic E-state index is 5.63. The summed E-state index contributed by atoms with van der Waals surface area (Å²) in [4.78, 5) is 2.55. The lowest BCUT2D eigenvalue weighted by atomic mass is 9.88. The maximum Gasteiger partial charge on any atom is -0.00162 e. The van der Waals surface area contributed by atoms with Crippen LogP contribution in [0.4, 0.5) is 0 Å². The van der Waals surface area contributed by atoms with Gasteiger partial charge < -0.3 is 10.6 Å². The Hall–Kier alpha value is -0.0800. The second kappa shape index (κ2) is 5.61. The van der Waals surface area contributed by atoms with E-state index in [0.29, 0.717) is 0 Å². The predicted octanol–water partition coefficient (Wildman–Crippen LogP) is 1.70. The Kier molecular flexibility index (Phi) is 4.74. The molecule has 1 atom stereocenters. The second-order valence-corrected chi connectivity index (χ2v) is 4.45. The van der Waals surface area contributed by atoms with Gasteiger partial charge in [0.1, 0.15) is 0 Å². The molecule has 0 aromatic carbocycles. The molecule has 1 aliphatic heterocycles. The lowest BCUT2D eigenvalue weighted by Gasteiger charge is -2.32. The molecule has 2 nitrogen and oxygen atoms in total. The van der Waals surface area contributed by atoms with Crippen molar-refractivity contribution in [2.24, 2.45) is 17.6 Å². The summed E-state index contributed by atoms with van der Waals surface area (Å²) in [6, 6.07) is 0. The van der Waals surface area contributed by atoms with Gasteiger partial charge in [0.25, 0.3) is 0 Å². The molecule has 1 saturated heterocycles. The summed E-state index contributed by atoms with van der Waals surface area (Å²) in [6.45, 7) is 9.21. The van der Waals surface area contributed by atoms with Crippen molar-refractivity contribution in [3.63, 3.8) is 0 Å². The number of rotatable bonds is 4. The first-order chi connectivity index (χ1) is 6.26. The summed E-state index contributed by atoms with van der Waals surface area (Å²) in [7, 11) is 0. The van der Waals surface area contributed by atoms with Crippen LogP contribution in [-0.4, -0.2) is 31.1 Å². The molecular weight excluding hydrogens is 160 g/mol. The van der Waals surface area contributed by atoms with Crippen LogP contribution in [-0.2, 0) is 0 Å². The minimum absolute atomic E-state index is 0.721. The number of likely N-dealkylation sites (tertiary alicyclic amines) is 1. The fraction of sp³-hybridized carbons (Fsp3) is 1.00. The SMILES string of the molecule is CCN1CCC(CC(C)CN)CC1. The number of nitrogens with two attached hydrogens (primary N) is 1. The van der Waals surface area contributed by atoms with Gasteiger partial charge in [0.15, 0.2) is 0 Å². The van der Waals surface area contributed by atoms with Crippen molar-refractivity contribution >= 4 is 0 Å². The van der Waals surface area contributed by atoms with Crippen LogP contribution in [0.5, 0.6) is 0 Å². The third-order valence-electron chi connectivity index (χ3n) is 3.29. The molecule has 1 aliphatic rings. The van der Waals surface area contributed by atoms with Crippen LogP contribution in [0.2, 0.25) is 0 Å².